The van der Waals surface area contributed by atoms with Gasteiger partial charge in [-0.1, -0.05) is 42.5 Å². The van der Waals surface area contributed by atoms with Crippen LogP contribution in [-0.4, -0.2) is 30.6 Å². The molecule has 3 rings (SSSR count). The summed E-state index contributed by atoms with van der Waals surface area (Å²) in [6, 6.07) is 10.1. The number of ether oxygens (including phenoxy) is 1. The summed E-state index contributed by atoms with van der Waals surface area (Å²) in [7, 11) is 1.47. The van der Waals surface area contributed by atoms with Gasteiger partial charge in [0.2, 0.25) is 0 Å². The zero-order chi connectivity index (χ0) is 13.3. The van der Waals surface area contributed by atoms with Gasteiger partial charge in [0.25, 0.3) is 0 Å². The Bertz CT molecular complexity index is 535. The van der Waals surface area contributed by atoms with Crippen molar-refractivity contribution >= 4 is 5.97 Å². The lowest BCUT2D eigenvalue weighted by molar-refractivity contribution is -0.144. The molecule has 98 valence electrons. The fraction of sp³-hybridized carbons (Fsp3) is 0.312. The normalized spacial score (nSPS) is 28.3. The van der Waals surface area contributed by atoms with Gasteiger partial charge in [0, 0.05) is 6.54 Å². The number of allylic oxidation sites excluding steroid dienone is 2. The second kappa shape index (κ2) is 4.57. The Morgan fingerprint density at radius 1 is 1.32 bits per heavy atom. The number of hydrogen-bond donors (Lipinski definition) is 0. The summed E-state index contributed by atoms with van der Waals surface area (Å²) >= 11 is 0. The van der Waals surface area contributed by atoms with Crippen LogP contribution in [0.5, 0.6) is 0 Å². The molecule has 2 unspecified atom stereocenters. The molecule has 2 atom stereocenters. The molecule has 1 aliphatic carbocycles. The number of hydrogen-bond acceptors (Lipinski definition) is 3. The Labute approximate surface area is 113 Å². The lowest BCUT2D eigenvalue weighted by Gasteiger charge is -2.24. The average Bonchev–Trinajstić information content (AvgIpc) is 3.25. The molecule has 0 saturated heterocycles. The number of rotatable bonds is 3. The minimum Gasteiger partial charge on any atom is -0.468 e. The molecule has 0 amide bonds. The maximum Gasteiger partial charge on any atom is 0.318 e. The van der Waals surface area contributed by atoms with E-state index in [1.54, 1.807) is 0 Å². The standard InChI is InChI=1S/C16H17NO2/c1-19-15(18)16(13-8-4-2-5-9-13)12-14(16)17-10-6-3-7-11-17/h2-10,14H,11-12H2,1H3. The summed E-state index contributed by atoms with van der Waals surface area (Å²) < 4.78 is 5.05. The SMILES string of the molecule is COC(=O)C1(c2ccccc2)CC1N1C=CC=CC1. The van der Waals surface area contributed by atoms with E-state index in [2.05, 4.69) is 17.2 Å². The number of carbonyl (C=O) groups excluding carboxylic acids is 1. The van der Waals surface area contributed by atoms with Crippen molar-refractivity contribution in [3.8, 4) is 0 Å². The first kappa shape index (κ1) is 12.0. The van der Waals surface area contributed by atoms with Gasteiger partial charge in [0.1, 0.15) is 5.41 Å². The number of esters is 1. The van der Waals surface area contributed by atoms with E-state index in [4.69, 9.17) is 4.74 Å². The fourth-order valence-electron chi connectivity index (χ4n) is 2.92. The smallest absolute Gasteiger partial charge is 0.318 e. The Morgan fingerprint density at radius 3 is 2.74 bits per heavy atom. The molecule has 0 aromatic heterocycles. The van der Waals surface area contributed by atoms with Crippen LogP contribution < -0.4 is 0 Å². The highest BCUT2D eigenvalue weighted by Gasteiger charge is 2.64. The average molecular weight is 255 g/mol. The van der Waals surface area contributed by atoms with E-state index in [1.807, 2.05) is 42.5 Å². The molecule has 1 aromatic rings. The lowest BCUT2D eigenvalue weighted by Crippen LogP contribution is -2.34. The Balaban J connectivity index is 1.91. The summed E-state index contributed by atoms with van der Waals surface area (Å²) in [5, 5.41) is 0. The molecular weight excluding hydrogens is 238 g/mol. The van der Waals surface area contributed by atoms with Crippen LogP contribution in [0.1, 0.15) is 12.0 Å². The molecule has 1 fully saturated rings. The highest BCUT2D eigenvalue weighted by Crippen LogP contribution is 2.52. The van der Waals surface area contributed by atoms with E-state index in [9.17, 15) is 4.79 Å². The van der Waals surface area contributed by atoms with Crippen LogP contribution in [0, 0.1) is 0 Å². The van der Waals surface area contributed by atoms with Gasteiger partial charge in [0.15, 0.2) is 0 Å². The van der Waals surface area contributed by atoms with Crippen LogP contribution in [0.25, 0.3) is 0 Å². The minimum atomic E-state index is -0.495. The van der Waals surface area contributed by atoms with Crippen molar-refractivity contribution in [1.29, 1.82) is 0 Å². The van der Waals surface area contributed by atoms with Crippen LogP contribution in [0.15, 0.2) is 54.8 Å². The molecule has 19 heavy (non-hydrogen) atoms. The van der Waals surface area contributed by atoms with Crippen molar-refractivity contribution in [1.82, 2.24) is 4.90 Å². The monoisotopic (exact) mass is 255 g/mol. The van der Waals surface area contributed by atoms with E-state index < -0.39 is 5.41 Å². The van der Waals surface area contributed by atoms with Crippen molar-refractivity contribution in [3.63, 3.8) is 0 Å². The fourth-order valence-corrected chi connectivity index (χ4v) is 2.92. The Morgan fingerprint density at radius 2 is 2.11 bits per heavy atom. The molecule has 1 aromatic carbocycles. The summed E-state index contributed by atoms with van der Waals surface area (Å²) in [5.41, 5.74) is 0.556. The van der Waals surface area contributed by atoms with E-state index in [-0.39, 0.29) is 12.0 Å². The highest BCUT2D eigenvalue weighted by molar-refractivity contribution is 5.88. The van der Waals surface area contributed by atoms with Crippen molar-refractivity contribution in [3.05, 3.63) is 60.3 Å². The molecule has 0 radical (unpaired) electrons. The van der Waals surface area contributed by atoms with E-state index >= 15 is 0 Å². The second-order valence-corrected chi connectivity index (χ2v) is 5.02. The largest absolute Gasteiger partial charge is 0.468 e. The predicted octanol–water partition coefficient (Wildman–Crippen LogP) is 2.26. The maximum absolute atomic E-state index is 12.3. The molecule has 1 saturated carbocycles. The quantitative estimate of drug-likeness (QED) is 0.776. The third kappa shape index (κ3) is 1.86. The molecule has 2 aliphatic rings. The number of carbonyl (C=O) groups is 1. The molecule has 3 heteroatoms. The van der Waals surface area contributed by atoms with Gasteiger partial charge in [0.05, 0.1) is 13.2 Å². The molecule has 1 heterocycles. The second-order valence-electron chi connectivity index (χ2n) is 5.02. The third-order valence-corrected chi connectivity index (χ3v) is 4.00. The zero-order valence-electron chi connectivity index (χ0n) is 11.0. The number of methoxy groups -OCH3 is 1. The molecule has 0 bridgehead atoms. The van der Waals surface area contributed by atoms with Gasteiger partial charge >= 0.3 is 5.97 Å². The van der Waals surface area contributed by atoms with Crippen molar-refractivity contribution in [2.45, 2.75) is 17.9 Å². The van der Waals surface area contributed by atoms with E-state index in [0.29, 0.717) is 0 Å². The zero-order valence-corrected chi connectivity index (χ0v) is 11.0. The first-order valence-electron chi connectivity index (χ1n) is 6.52. The molecule has 1 aliphatic heterocycles. The van der Waals surface area contributed by atoms with Gasteiger partial charge in [-0.15, -0.1) is 0 Å². The van der Waals surface area contributed by atoms with Crippen LogP contribution in [-0.2, 0) is 14.9 Å². The van der Waals surface area contributed by atoms with Gasteiger partial charge in [-0.2, -0.15) is 0 Å². The predicted molar refractivity (Wildman–Crippen MR) is 73.5 cm³/mol. The molecule has 0 spiro atoms. The Kier molecular flexibility index (Phi) is 2.90. The van der Waals surface area contributed by atoms with Gasteiger partial charge in [-0.05, 0) is 24.3 Å². The summed E-state index contributed by atoms with van der Waals surface area (Å²) in [6.45, 7) is 0.854. The van der Waals surface area contributed by atoms with Crippen molar-refractivity contribution in [2.24, 2.45) is 0 Å². The summed E-state index contributed by atoms with van der Waals surface area (Å²) in [5.74, 6) is -0.133. The van der Waals surface area contributed by atoms with Crippen molar-refractivity contribution in [2.75, 3.05) is 13.7 Å². The van der Waals surface area contributed by atoms with Gasteiger partial charge in [-0.3, -0.25) is 4.79 Å². The third-order valence-electron chi connectivity index (χ3n) is 4.00. The summed E-state index contributed by atoms with van der Waals surface area (Å²) in [4.78, 5) is 14.5. The number of nitrogens with zero attached hydrogens (tertiary/aromatic N) is 1. The first-order chi connectivity index (χ1) is 9.29. The van der Waals surface area contributed by atoms with Gasteiger partial charge < -0.3 is 9.64 Å². The first-order valence-corrected chi connectivity index (χ1v) is 6.52. The van der Waals surface area contributed by atoms with E-state index in [1.165, 1.54) is 7.11 Å². The molecule has 0 N–H and O–H groups in total. The molecule has 3 nitrogen and oxygen atoms in total. The highest BCUT2D eigenvalue weighted by atomic mass is 16.5. The number of benzene rings is 1. The Hall–Kier alpha value is -2.03. The van der Waals surface area contributed by atoms with Crippen LogP contribution in [0.3, 0.4) is 0 Å². The summed E-state index contributed by atoms with van der Waals surface area (Å²) in [6.07, 6.45) is 9.02. The lowest BCUT2D eigenvalue weighted by atomic mass is 9.95. The maximum atomic E-state index is 12.3. The van der Waals surface area contributed by atoms with E-state index in [0.717, 1.165) is 18.5 Å². The molecular formula is C16H17NO2. The van der Waals surface area contributed by atoms with Gasteiger partial charge in [-0.25, -0.2) is 0 Å². The minimum absolute atomic E-state index is 0.133. The topological polar surface area (TPSA) is 29.5 Å². The van der Waals surface area contributed by atoms with Crippen LogP contribution >= 0.6 is 0 Å². The van der Waals surface area contributed by atoms with Crippen LogP contribution in [0.2, 0.25) is 0 Å². The van der Waals surface area contributed by atoms with Crippen molar-refractivity contribution < 1.29 is 9.53 Å². The van der Waals surface area contributed by atoms with Crippen LogP contribution in [0.4, 0.5) is 0 Å².